The molecule has 0 saturated heterocycles. The van der Waals surface area contributed by atoms with Crippen molar-refractivity contribution >= 4 is 12.0 Å². The number of nitrogens with two attached hydrogens (primary N) is 1. The van der Waals surface area contributed by atoms with E-state index in [1.165, 1.54) is 24.8 Å². The summed E-state index contributed by atoms with van der Waals surface area (Å²) in [4.78, 5) is 11.2. The first-order valence-corrected chi connectivity index (χ1v) is 7.37. The van der Waals surface area contributed by atoms with E-state index in [1.54, 1.807) is 6.92 Å². The predicted octanol–water partition coefficient (Wildman–Crippen LogP) is 4.47. The van der Waals surface area contributed by atoms with Gasteiger partial charge in [0.15, 0.2) is 0 Å². The molecule has 1 aromatic rings. The molecule has 2 heteroatoms. The third-order valence-electron chi connectivity index (χ3n) is 3.26. The van der Waals surface area contributed by atoms with E-state index in [9.17, 15) is 4.79 Å². The molecule has 108 valence electrons. The Hall–Kier alpha value is -1.83. The van der Waals surface area contributed by atoms with Crippen molar-refractivity contribution in [3.8, 4) is 0 Å². The van der Waals surface area contributed by atoms with E-state index in [-0.39, 0.29) is 5.91 Å². The molecule has 0 heterocycles. The first-order chi connectivity index (χ1) is 9.63. The number of rotatable bonds is 8. The van der Waals surface area contributed by atoms with Crippen LogP contribution in [0.3, 0.4) is 0 Å². The molecular weight excluding hydrogens is 246 g/mol. The molecule has 2 nitrogen and oxygen atoms in total. The van der Waals surface area contributed by atoms with Crippen molar-refractivity contribution in [1.29, 1.82) is 0 Å². The molecule has 0 saturated carbocycles. The van der Waals surface area contributed by atoms with Gasteiger partial charge in [-0.3, -0.25) is 4.79 Å². The number of hydrogen-bond donors (Lipinski definition) is 1. The SMILES string of the molecule is CCCCCCC(=C\c1ccccc1)/C=C(\C)C(N)=O. The van der Waals surface area contributed by atoms with E-state index >= 15 is 0 Å². The van der Waals surface area contributed by atoms with Gasteiger partial charge in [-0.15, -0.1) is 0 Å². The van der Waals surface area contributed by atoms with Crippen LogP contribution in [0.2, 0.25) is 0 Å². The second-order valence-electron chi connectivity index (χ2n) is 5.13. The molecule has 0 fully saturated rings. The zero-order valence-corrected chi connectivity index (χ0v) is 12.6. The number of unbranched alkanes of at least 4 members (excludes halogenated alkanes) is 3. The van der Waals surface area contributed by atoms with Gasteiger partial charge in [0.25, 0.3) is 0 Å². The fraction of sp³-hybridized carbons (Fsp3) is 0.389. The van der Waals surface area contributed by atoms with Gasteiger partial charge < -0.3 is 5.73 Å². The number of primary amides is 1. The van der Waals surface area contributed by atoms with E-state index < -0.39 is 0 Å². The van der Waals surface area contributed by atoms with E-state index in [0.29, 0.717) is 5.57 Å². The Labute approximate surface area is 122 Å². The summed E-state index contributed by atoms with van der Waals surface area (Å²) in [5.74, 6) is -0.350. The Morgan fingerprint density at radius 3 is 2.45 bits per heavy atom. The van der Waals surface area contributed by atoms with Crippen molar-refractivity contribution in [1.82, 2.24) is 0 Å². The summed E-state index contributed by atoms with van der Waals surface area (Å²) < 4.78 is 0. The van der Waals surface area contributed by atoms with Crippen molar-refractivity contribution in [2.75, 3.05) is 0 Å². The molecule has 0 aliphatic heterocycles. The molecule has 1 aromatic carbocycles. The lowest BCUT2D eigenvalue weighted by Crippen LogP contribution is -2.11. The molecule has 20 heavy (non-hydrogen) atoms. The molecule has 0 atom stereocenters. The third kappa shape index (κ3) is 6.37. The molecule has 1 rings (SSSR count). The van der Waals surface area contributed by atoms with E-state index in [1.807, 2.05) is 24.3 Å². The van der Waals surface area contributed by atoms with Crippen molar-refractivity contribution in [3.63, 3.8) is 0 Å². The minimum Gasteiger partial charge on any atom is -0.366 e. The van der Waals surface area contributed by atoms with Crippen LogP contribution >= 0.6 is 0 Å². The molecule has 0 spiro atoms. The molecule has 0 bridgehead atoms. The van der Waals surface area contributed by atoms with Gasteiger partial charge in [-0.2, -0.15) is 0 Å². The standard InChI is InChI=1S/C18H25NO/c1-3-4-5-7-12-17(13-15(2)18(19)20)14-16-10-8-6-9-11-16/h6,8-11,13-14H,3-5,7,12H2,1-2H3,(H2,19,20)/b15-13+,17-14+. The van der Waals surface area contributed by atoms with E-state index in [4.69, 9.17) is 5.73 Å². The van der Waals surface area contributed by atoms with Gasteiger partial charge >= 0.3 is 0 Å². The van der Waals surface area contributed by atoms with Crippen molar-refractivity contribution in [2.24, 2.45) is 5.73 Å². The van der Waals surface area contributed by atoms with E-state index in [0.717, 1.165) is 18.4 Å². The summed E-state index contributed by atoms with van der Waals surface area (Å²) in [6, 6.07) is 10.2. The van der Waals surface area contributed by atoms with Gasteiger partial charge in [-0.25, -0.2) is 0 Å². The number of benzene rings is 1. The Bertz CT molecular complexity index is 471. The molecule has 0 aromatic heterocycles. The summed E-state index contributed by atoms with van der Waals surface area (Å²) in [5, 5.41) is 0. The Morgan fingerprint density at radius 2 is 1.85 bits per heavy atom. The molecule has 0 radical (unpaired) electrons. The highest BCUT2D eigenvalue weighted by Gasteiger charge is 2.01. The predicted molar refractivity (Wildman–Crippen MR) is 86.1 cm³/mol. The van der Waals surface area contributed by atoms with Gasteiger partial charge in [0.1, 0.15) is 0 Å². The van der Waals surface area contributed by atoms with Gasteiger partial charge in [-0.05, 0) is 30.9 Å². The summed E-state index contributed by atoms with van der Waals surface area (Å²) in [5.41, 5.74) is 8.26. The summed E-state index contributed by atoms with van der Waals surface area (Å²) >= 11 is 0. The number of amides is 1. The van der Waals surface area contributed by atoms with Gasteiger partial charge in [0.05, 0.1) is 0 Å². The van der Waals surface area contributed by atoms with Crippen LogP contribution in [0.15, 0.2) is 47.6 Å². The fourth-order valence-corrected chi connectivity index (χ4v) is 2.05. The highest BCUT2D eigenvalue weighted by Crippen LogP contribution is 2.17. The van der Waals surface area contributed by atoms with Crippen LogP contribution in [-0.4, -0.2) is 5.91 Å². The van der Waals surface area contributed by atoms with Crippen molar-refractivity contribution in [3.05, 3.63) is 53.1 Å². The molecular formula is C18H25NO. The van der Waals surface area contributed by atoms with Crippen LogP contribution < -0.4 is 5.73 Å². The van der Waals surface area contributed by atoms with Crippen molar-refractivity contribution < 1.29 is 4.79 Å². The maximum Gasteiger partial charge on any atom is 0.244 e. The number of allylic oxidation sites excluding steroid dienone is 2. The van der Waals surface area contributed by atoms with Crippen LogP contribution in [0.4, 0.5) is 0 Å². The largest absolute Gasteiger partial charge is 0.366 e. The van der Waals surface area contributed by atoms with Crippen LogP contribution in [0, 0.1) is 0 Å². The zero-order chi connectivity index (χ0) is 14.8. The second kappa shape index (κ2) is 9.13. The monoisotopic (exact) mass is 271 g/mol. The van der Waals surface area contributed by atoms with Gasteiger partial charge in [-0.1, -0.05) is 68.7 Å². The molecule has 2 N–H and O–H groups in total. The topological polar surface area (TPSA) is 43.1 Å². The van der Waals surface area contributed by atoms with Crippen LogP contribution in [0.5, 0.6) is 0 Å². The first kappa shape index (κ1) is 16.2. The lowest BCUT2D eigenvalue weighted by molar-refractivity contribution is -0.114. The lowest BCUT2D eigenvalue weighted by atomic mass is 10.0. The third-order valence-corrected chi connectivity index (χ3v) is 3.26. The number of carbonyl (C=O) groups excluding carboxylic acids is 1. The Kier molecular flexibility index (Phi) is 7.41. The first-order valence-electron chi connectivity index (χ1n) is 7.37. The maximum atomic E-state index is 11.2. The van der Waals surface area contributed by atoms with Crippen LogP contribution in [0.25, 0.3) is 6.08 Å². The van der Waals surface area contributed by atoms with Crippen molar-refractivity contribution in [2.45, 2.75) is 46.0 Å². The molecule has 0 unspecified atom stereocenters. The normalized spacial score (nSPS) is 12.5. The highest BCUT2D eigenvalue weighted by atomic mass is 16.1. The number of hydrogen-bond acceptors (Lipinski definition) is 1. The maximum absolute atomic E-state index is 11.2. The Morgan fingerprint density at radius 1 is 1.15 bits per heavy atom. The summed E-state index contributed by atoms with van der Waals surface area (Å²) in [6.45, 7) is 3.98. The second-order valence-corrected chi connectivity index (χ2v) is 5.13. The fourth-order valence-electron chi connectivity index (χ4n) is 2.05. The van der Waals surface area contributed by atoms with Crippen LogP contribution in [0.1, 0.15) is 51.5 Å². The quantitative estimate of drug-likeness (QED) is 0.423. The van der Waals surface area contributed by atoms with E-state index in [2.05, 4.69) is 25.1 Å². The average molecular weight is 271 g/mol. The zero-order valence-electron chi connectivity index (χ0n) is 12.6. The number of carbonyl (C=O) groups is 1. The average Bonchev–Trinajstić information content (AvgIpc) is 2.44. The highest BCUT2D eigenvalue weighted by molar-refractivity contribution is 5.92. The minimum absolute atomic E-state index is 0.350. The lowest BCUT2D eigenvalue weighted by Gasteiger charge is -2.05. The molecule has 0 aliphatic carbocycles. The molecule has 0 aliphatic rings. The summed E-state index contributed by atoms with van der Waals surface area (Å²) in [6.07, 6.45) is 9.91. The minimum atomic E-state index is -0.350. The van der Waals surface area contributed by atoms with Gasteiger partial charge in [0.2, 0.25) is 5.91 Å². The summed E-state index contributed by atoms with van der Waals surface area (Å²) in [7, 11) is 0. The molecule has 1 amide bonds. The van der Waals surface area contributed by atoms with Crippen LogP contribution in [-0.2, 0) is 4.79 Å². The van der Waals surface area contributed by atoms with Gasteiger partial charge in [0, 0.05) is 5.57 Å². The smallest absolute Gasteiger partial charge is 0.244 e. The Balaban J connectivity index is 2.81.